The van der Waals surface area contributed by atoms with Crippen molar-refractivity contribution < 1.29 is 9.30 Å². The van der Waals surface area contributed by atoms with Gasteiger partial charge in [-0.1, -0.05) is 127 Å². The molecule has 290 valence electrons. The van der Waals surface area contributed by atoms with Gasteiger partial charge in [-0.15, -0.1) is 0 Å². The molecule has 0 bridgehead atoms. The zero-order valence-electron chi connectivity index (χ0n) is 33.4. The van der Waals surface area contributed by atoms with E-state index in [0.29, 0.717) is 0 Å². The van der Waals surface area contributed by atoms with Crippen molar-refractivity contribution in [2.45, 2.75) is 0 Å². The van der Waals surface area contributed by atoms with Crippen LogP contribution in [0.25, 0.3) is 61.0 Å². The van der Waals surface area contributed by atoms with Gasteiger partial charge in [-0.25, -0.2) is 4.98 Å². The Morgan fingerprint density at radius 1 is 0.500 bits per heavy atom. The maximum atomic E-state index is 6.75. The Hall–Kier alpha value is -8.36. The van der Waals surface area contributed by atoms with Crippen molar-refractivity contribution in [3.63, 3.8) is 0 Å². The molecule has 3 aromatic heterocycles. The molecular formula is C54H35BN6O. The summed E-state index contributed by atoms with van der Waals surface area (Å²) in [6.07, 6.45) is 5.65. The number of ether oxygens (including phenoxy) is 1. The summed E-state index contributed by atoms with van der Waals surface area (Å²) in [5, 5.41) is 2.40. The number of rotatable bonds is 6. The largest absolute Gasteiger partial charge is 0.458 e. The summed E-state index contributed by atoms with van der Waals surface area (Å²) in [5.41, 5.74) is 14.4. The van der Waals surface area contributed by atoms with Gasteiger partial charge in [0.1, 0.15) is 17.3 Å². The molecule has 5 heterocycles. The number of aromatic nitrogens is 4. The summed E-state index contributed by atoms with van der Waals surface area (Å²) >= 11 is 0. The Labute approximate surface area is 358 Å². The number of pyridine rings is 1. The number of anilines is 4. The van der Waals surface area contributed by atoms with Gasteiger partial charge >= 0.3 is 6.98 Å². The summed E-state index contributed by atoms with van der Waals surface area (Å²) in [7, 11) is 0. The van der Waals surface area contributed by atoms with Gasteiger partial charge in [0.2, 0.25) is 0 Å². The van der Waals surface area contributed by atoms with E-state index in [9.17, 15) is 0 Å². The van der Waals surface area contributed by atoms with Crippen LogP contribution in [-0.4, -0.2) is 21.1 Å². The van der Waals surface area contributed by atoms with Crippen molar-refractivity contribution in [2.24, 2.45) is 0 Å². The van der Waals surface area contributed by atoms with E-state index in [1.165, 1.54) is 33.0 Å². The molecule has 0 atom stereocenters. The van der Waals surface area contributed by atoms with Crippen LogP contribution < -0.4 is 24.4 Å². The number of fused-ring (bicyclic) bond motifs is 12. The highest BCUT2D eigenvalue weighted by molar-refractivity contribution is 6.86. The maximum Gasteiger partial charge on any atom is 0.422 e. The fourth-order valence-corrected chi connectivity index (χ4v) is 9.78. The molecule has 0 saturated heterocycles. The van der Waals surface area contributed by atoms with E-state index in [4.69, 9.17) is 9.72 Å². The van der Waals surface area contributed by atoms with Gasteiger partial charge in [-0.2, -0.15) is 0 Å². The van der Waals surface area contributed by atoms with E-state index >= 15 is 0 Å². The molecule has 0 saturated carbocycles. The number of hydrogen-bond donors (Lipinski definition) is 0. The van der Waals surface area contributed by atoms with Crippen molar-refractivity contribution in [2.75, 3.05) is 9.62 Å². The predicted molar refractivity (Wildman–Crippen MR) is 250 cm³/mol. The summed E-state index contributed by atoms with van der Waals surface area (Å²) in [5.74, 6) is 2.37. The molecule has 2 aliphatic rings. The fraction of sp³-hybridized carbons (Fsp3) is 0. The monoisotopic (exact) mass is 794 g/mol. The van der Waals surface area contributed by atoms with Gasteiger partial charge in [-0.05, 0) is 83.8 Å². The van der Waals surface area contributed by atoms with Crippen LogP contribution in [0.3, 0.4) is 0 Å². The second-order valence-electron chi connectivity index (χ2n) is 15.8. The fourth-order valence-electron chi connectivity index (χ4n) is 9.78. The number of imidazole rings is 1. The summed E-state index contributed by atoms with van der Waals surface area (Å²) in [6.45, 7) is -0.117. The molecule has 0 unspecified atom stereocenters. The third-order valence-corrected chi connectivity index (χ3v) is 12.3. The molecule has 11 aromatic rings. The molecule has 2 aliphatic heterocycles. The maximum absolute atomic E-state index is 6.75. The minimum absolute atomic E-state index is 0.117. The van der Waals surface area contributed by atoms with Gasteiger partial charge in [-0.3, -0.25) is 9.13 Å². The quantitative estimate of drug-likeness (QED) is 0.0955. The first-order valence-electron chi connectivity index (χ1n) is 20.9. The molecule has 0 fully saturated rings. The lowest BCUT2D eigenvalue weighted by atomic mass is 9.59. The molecular weight excluding hydrogens is 759 g/mol. The molecule has 0 aliphatic carbocycles. The van der Waals surface area contributed by atoms with Crippen LogP contribution in [0, 0.1) is 6.33 Å². The average molecular weight is 795 g/mol. The van der Waals surface area contributed by atoms with Crippen molar-refractivity contribution in [1.82, 2.24) is 14.1 Å². The van der Waals surface area contributed by atoms with Gasteiger partial charge in [0.25, 0.3) is 6.33 Å². The van der Waals surface area contributed by atoms with Crippen LogP contribution in [0.2, 0.25) is 0 Å². The van der Waals surface area contributed by atoms with Gasteiger partial charge in [0.05, 0.1) is 39.1 Å². The first-order valence-corrected chi connectivity index (χ1v) is 20.9. The van der Waals surface area contributed by atoms with Crippen LogP contribution in [-0.2, 0) is 0 Å². The Kier molecular flexibility index (Phi) is 7.56. The van der Waals surface area contributed by atoms with Crippen molar-refractivity contribution >= 4 is 68.2 Å². The summed E-state index contributed by atoms with van der Waals surface area (Å²) in [4.78, 5) is 9.73. The van der Waals surface area contributed by atoms with E-state index in [-0.39, 0.29) is 6.98 Å². The highest BCUT2D eigenvalue weighted by atomic mass is 16.5. The number of benzene rings is 8. The molecule has 8 heteroatoms. The smallest absolute Gasteiger partial charge is 0.422 e. The second-order valence-corrected chi connectivity index (χ2v) is 15.8. The third-order valence-electron chi connectivity index (χ3n) is 12.3. The van der Waals surface area contributed by atoms with E-state index in [1.54, 1.807) is 0 Å². The molecule has 0 radical (unpaired) electrons. The lowest BCUT2D eigenvalue weighted by Crippen LogP contribution is -2.55. The summed E-state index contributed by atoms with van der Waals surface area (Å²) < 4.78 is 13.4. The van der Waals surface area contributed by atoms with Crippen LogP contribution in [0.5, 0.6) is 11.5 Å². The van der Waals surface area contributed by atoms with Crippen molar-refractivity contribution in [3.8, 4) is 39.7 Å². The van der Waals surface area contributed by atoms with E-state index < -0.39 is 0 Å². The SMILES string of the molecule is [c-]1n(-c2cccc(Oc3cccc(N4B5c6ccccc6-c6ccccc6N5c5cccnc54)c3)c2)c2ccccc2[n+]1-c1cccc2c3ccccc3n(-c3ccccc3)c12. The van der Waals surface area contributed by atoms with Crippen molar-refractivity contribution in [1.29, 1.82) is 0 Å². The zero-order valence-corrected chi connectivity index (χ0v) is 33.4. The first-order chi connectivity index (χ1) is 30.8. The number of nitrogens with zero attached hydrogens (tertiary/aromatic N) is 6. The minimum atomic E-state index is -0.117. The summed E-state index contributed by atoms with van der Waals surface area (Å²) in [6, 6.07) is 72.5. The lowest BCUT2D eigenvalue weighted by molar-refractivity contribution is -0.571. The molecule has 0 amide bonds. The Morgan fingerprint density at radius 3 is 2.05 bits per heavy atom. The Bertz CT molecular complexity index is 3560. The molecule has 62 heavy (non-hydrogen) atoms. The van der Waals surface area contributed by atoms with Crippen LogP contribution in [0.4, 0.5) is 22.9 Å². The Balaban J connectivity index is 0.896. The molecule has 7 nitrogen and oxygen atoms in total. The number of para-hydroxylation sites is 6. The van der Waals surface area contributed by atoms with Crippen molar-refractivity contribution in [3.05, 3.63) is 219 Å². The van der Waals surface area contributed by atoms with Crippen LogP contribution in [0.1, 0.15) is 0 Å². The van der Waals surface area contributed by atoms with E-state index in [2.05, 4.69) is 212 Å². The standard InChI is InChI=1S/C54H35BN6O/c1-2-16-37(17-3-1)59-47-27-8-5-24-44(47)45-25-14-31-51(53(45)59)58-36-57(49-29-10-11-30-50(49)58)38-18-12-20-40(34-38)62-41-21-13-19-39(35-41)60-54-52(32-15-33-56-54)61-48-28-9-6-23-43(48)42-22-4-7-26-46(42)55(60)61/h1-35H. The highest BCUT2D eigenvalue weighted by Gasteiger charge is 2.48. The molecule has 0 N–H and O–H groups in total. The molecule has 0 spiro atoms. The number of hydrogen-bond acceptors (Lipinski definition) is 4. The van der Waals surface area contributed by atoms with Crippen LogP contribution >= 0.6 is 0 Å². The predicted octanol–water partition coefficient (Wildman–Crippen LogP) is 11.7. The second kappa shape index (κ2) is 13.6. The van der Waals surface area contributed by atoms with E-state index in [1.807, 2.05) is 30.5 Å². The lowest BCUT2D eigenvalue weighted by Gasteiger charge is -2.36. The molecule has 13 rings (SSSR count). The first kappa shape index (κ1) is 34.5. The molecule has 8 aromatic carbocycles. The Morgan fingerprint density at radius 2 is 1.16 bits per heavy atom. The topological polar surface area (TPSA) is 42.3 Å². The highest BCUT2D eigenvalue weighted by Crippen LogP contribution is 2.50. The van der Waals surface area contributed by atoms with Gasteiger partial charge in [0.15, 0.2) is 0 Å². The van der Waals surface area contributed by atoms with Gasteiger partial charge in [0, 0.05) is 45.7 Å². The third kappa shape index (κ3) is 5.13. The van der Waals surface area contributed by atoms with Gasteiger partial charge < -0.3 is 18.9 Å². The average Bonchev–Trinajstić information content (AvgIpc) is 4.01. The zero-order chi connectivity index (χ0) is 40.7. The van der Waals surface area contributed by atoms with E-state index in [0.717, 1.165) is 67.8 Å². The van der Waals surface area contributed by atoms with Crippen LogP contribution in [0.15, 0.2) is 212 Å². The normalized spacial score (nSPS) is 12.7. The minimum Gasteiger partial charge on any atom is -0.458 e.